The standard InChI is InChI=1S/C21H25N3O3/c1-4-12-22-20(25)17-8-10-18(11-9-17)24-21(26)23-13-14-27-19-15(2)6-5-7-16(19)3/h4-11H,1,12-14H2,2-3H3,(H,22,25)(H2,23,24,26). The molecule has 6 heteroatoms. The molecule has 2 rings (SSSR count). The van der Waals surface area contributed by atoms with Crippen molar-refractivity contribution in [2.24, 2.45) is 0 Å². The van der Waals surface area contributed by atoms with Crippen molar-refractivity contribution in [3.05, 3.63) is 71.8 Å². The van der Waals surface area contributed by atoms with Gasteiger partial charge in [0.2, 0.25) is 0 Å². The third-order valence-electron chi connectivity index (χ3n) is 3.85. The highest BCUT2D eigenvalue weighted by Crippen LogP contribution is 2.21. The number of hydrogen-bond donors (Lipinski definition) is 3. The maximum atomic E-state index is 11.9. The molecule has 0 heterocycles. The molecule has 0 saturated carbocycles. The topological polar surface area (TPSA) is 79.5 Å². The van der Waals surface area contributed by atoms with E-state index in [0.29, 0.717) is 30.9 Å². The molecule has 2 aromatic rings. The highest BCUT2D eigenvalue weighted by molar-refractivity contribution is 5.95. The van der Waals surface area contributed by atoms with E-state index in [-0.39, 0.29) is 11.9 Å². The Bertz CT molecular complexity index is 781. The van der Waals surface area contributed by atoms with E-state index in [2.05, 4.69) is 22.5 Å². The quantitative estimate of drug-likeness (QED) is 0.494. The second-order valence-electron chi connectivity index (χ2n) is 6.03. The predicted octanol–water partition coefficient (Wildman–Crippen LogP) is 3.42. The monoisotopic (exact) mass is 367 g/mol. The zero-order valence-corrected chi connectivity index (χ0v) is 15.7. The average Bonchev–Trinajstić information content (AvgIpc) is 2.65. The van der Waals surface area contributed by atoms with Crippen molar-refractivity contribution >= 4 is 17.6 Å². The third-order valence-corrected chi connectivity index (χ3v) is 3.85. The SMILES string of the molecule is C=CCNC(=O)c1ccc(NC(=O)NCCOc2c(C)cccc2C)cc1. The smallest absolute Gasteiger partial charge is 0.319 e. The first-order valence-electron chi connectivity index (χ1n) is 8.74. The molecule has 142 valence electrons. The van der Waals surface area contributed by atoms with Gasteiger partial charge in [0, 0.05) is 17.8 Å². The van der Waals surface area contributed by atoms with Gasteiger partial charge < -0.3 is 20.7 Å². The molecule has 0 aromatic heterocycles. The summed E-state index contributed by atoms with van der Waals surface area (Å²) >= 11 is 0. The molecule has 0 aliphatic carbocycles. The Morgan fingerprint density at radius 2 is 1.70 bits per heavy atom. The molecule has 2 aromatic carbocycles. The number of nitrogens with one attached hydrogen (secondary N) is 3. The molecule has 0 aliphatic rings. The van der Waals surface area contributed by atoms with Crippen LogP contribution in [0.2, 0.25) is 0 Å². The van der Waals surface area contributed by atoms with Crippen LogP contribution in [-0.2, 0) is 0 Å². The van der Waals surface area contributed by atoms with Gasteiger partial charge in [-0.15, -0.1) is 6.58 Å². The summed E-state index contributed by atoms with van der Waals surface area (Å²) in [7, 11) is 0. The van der Waals surface area contributed by atoms with Gasteiger partial charge in [0.25, 0.3) is 5.91 Å². The first-order valence-corrected chi connectivity index (χ1v) is 8.74. The second kappa shape index (κ2) is 10.0. The molecule has 3 N–H and O–H groups in total. The molecule has 3 amide bonds. The van der Waals surface area contributed by atoms with Gasteiger partial charge >= 0.3 is 6.03 Å². The first-order chi connectivity index (χ1) is 13.0. The predicted molar refractivity (Wildman–Crippen MR) is 107 cm³/mol. The number of para-hydroxylation sites is 1. The van der Waals surface area contributed by atoms with Crippen LogP contribution in [0.3, 0.4) is 0 Å². The zero-order chi connectivity index (χ0) is 19.6. The van der Waals surface area contributed by atoms with E-state index in [1.54, 1.807) is 30.3 Å². The lowest BCUT2D eigenvalue weighted by molar-refractivity contribution is 0.0958. The van der Waals surface area contributed by atoms with Crippen LogP contribution in [0.25, 0.3) is 0 Å². The number of aryl methyl sites for hydroxylation is 2. The fraction of sp³-hybridized carbons (Fsp3) is 0.238. The highest BCUT2D eigenvalue weighted by Gasteiger charge is 2.06. The maximum absolute atomic E-state index is 11.9. The van der Waals surface area contributed by atoms with Gasteiger partial charge in [-0.2, -0.15) is 0 Å². The Morgan fingerprint density at radius 3 is 2.33 bits per heavy atom. The molecule has 0 saturated heterocycles. The molecule has 27 heavy (non-hydrogen) atoms. The third kappa shape index (κ3) is 6.18. The van der Waals surface area contributed by atoms with Crippen LogP contribution in [0, 0.1) is 13.8 Å². The number of anilines is 1. The van der Waals surface area contributed by atoms with E-state index < -0.39 is 0 Å². The summed E-state index contributed by atoms with van der Waals surface area (Å²) in [5.74, 6) is 0.666. The Labute approximate surface area is 159 Å². The van der Waals surface area contributed by atoms with Gasteiger partial charge in [0.1, 0.15) is 12.4 Å². The van der Waals surface area contributed by atoms with Crippen LogP contribution in [0.4, 0.5) is 10.5 Å². The van der Waals surface area contributed by atoms with Gasteiger partial charge in [-0.3, -0.25) is 4.79 Å². The lowest BCUT2D eigenvalue weighted by atomic mass is 10.1. The number of rotatable bonds is 8. The number of ether oxygens (including phenoxy) is 1. The number of benzene rings is 2. The lowest BCUT2D eigenvalue weighted by Crippen LogP contribution is -2.32. The van der Waals surface area contributed by atoms with Crippen molar-refractivity contribution in [3.63, 3.8) is 0 Å². The fourth-order valence-electron chi connectivity index (χ4n) is 2.49. The van der Waals surface area contributed by atoms with E-state index in [1.807, 2.05) is 32.0 Å². The van der Waals surface area contributed by atoms with Crippen LogP contribution < -0.4 is 20.7 Å². The fourth-order valence-corrected chi connectivity index (χ4v) is 2.49. The summed E-state index contributed by atoms with van der Waals surface area (Å²) in [6, 6.07) is 12.3. The van der Waals surface area contributed by atoms with E-state index in [0.717, 1.165) is 16.9 Å². The Kier molecular flexibility index (Phi) is 7.43. The molecule has 0 radical (unpaired) electrons. The molecule has 0 spiro atoms. The molecule has 6 nitrogen and oxygen atoms in total. The minimum Gasteiger partial charge on any atom is -0.491 e. The number of carbonyl (C=O) groups is 2. The first kappa shape index (κ1) is 20.0. The van der Waals surface area contributed by atoms with Crippen molar-refractivity contribution in [2.75, 3.05) is 25.0 Å². The minimum atomic E-state index is -0.330. The van der Waals surface area contributed by atoms with Crippen molar-refractivity contribution < 1.29 is 14.3 Å². The summed E-state index contributed by atoms with van der Waals surface area (Å²) in [6.45, 7) is 8.69. The van der Waals surface area contributed by atoms with E-state index in [9.17, 15) is 9.59 Å². The summed E-state index contributed by atoms with van der Waals surface area (Å²) in [5.41, 5.74) is 3.25. The lowest BCUT2D eigenvalue weighted by Gasteiger charge is -2.13. The molecular weight excluding hydrogens is 342 g/mol. The second-order valence-corrected chi connectivity index (χ2v) is 6.03. The molecule has 0 atom stereocenters. The Balaban J connectivity index is 1.75. The van der Waals surface area contributed by atoms with E-state index >= 15 is 0 Å². The van der Waals surface area contributed by atoms with Gasteiger partial charge in [0.05, 0.1) is 6.54 Å². The molecular formula is C21H25N3O3. The maximum Gasteiger partial charge on any atom is 0.319 e. The summed E-state index contributed by atoms with van der Waals surface area (Å²) in [6.07, 6.45) is 1.61. The molecule has 0 unspecified atom stereocenters. The number of amides is 3. The Morgan fingerprint density at radius 1 is 1.04 bits per heavy atom. The zero-order valence-electron chi connectivity index (χ0n) is 15.7. The van der Waals surface area contributed by atoms with Gasteiger partial charge in [-0.25, -0.2) is 4.79 Å². The average molecular weight is 367 g/mol. The highest BCUT2D eigenvalue weighted by atomic mass is 16.5. The van der Waals surface area contributed by atoms with Crippen molar-refractivity contribution in [1.82, 2.24) is 10.6 Å². The van der Waals surface area contributed by atoms with Gasteiger partial charge in [-0.05, 0) is 49.2 Å². The Hall–Kier alpha value is -3.28. The van der Waals surface area contributed by atoms with Crippen LogP contribution in [0.5, 0.6) is 5.75 Å². The van der Waals surface area contributed by atoms with Crippen molar-refractivity contribution in [1.29, 1.82) is 0 Å². The van der Waals surface area contributed by atoms with Gasteiger partial charge in [0.15, 0.2) is 0 Å². The van der Waals surface area contributed by atoms with Crippen LogP contribution in [-0.4, -0.2) is 31.6 Å². The van der Waals surface area contributed by atoms with Crippen LogP contribution in [0.1, 0.15) is 21.5 Å². The largest absolute Gasteiger partial charge is 0.491 e. The number of urea groups is 1. The molecule has 0 fully saturated rings. The van der Waals surface area contributed by atoms with Crippen molar-refractivity contribution in [3.8, 4) is 5.75 Å². The van der Waals surface area contributed by atoms with Gasteiger partial charge in [-0.1, -0.05) is 24.3 Å². The van der Waals surface area contributed by atoms with E-state index in [4.69, 9.17) is 4.74 Å². The molecule has 0 aliphatic heterocycles. The minimum absolute atomic E-state index is 0.186. The number of carbonyl (C=O) groups excluding carboxylic acids is 2. The summed E-state index contributed by atoms with van der Waals surface area (Å²) in [4.78, 5) is 23.8. The van der Waals surface area contributed by atoms with Crippen LogP contribution in [0.15, 0.2) is 55.1 Å². The van der Waals surface area contributed by atoms with Crippen molar-refractivity contribution in [2.45, 2.75) is 13.8 Å². The van der Waals surface area contributed by atoms with Crippen LogP contribution >= 0.6 is 0 Å². The van der Waals surface area contributed by atoms with E-state index in [1.165, 1.54) is 0 Å². The molecule has 0 bridgehead atoms. The summed E-state index contributed by atoms with van der Waals surface area (Å²) < 4.78 is 5.75. The summed E-state index contributed by atoms with van der Waals surface area (Å²) in [5, 5.41) is 8.15. The normalized spacial score (nSPS) is 10.0. The number of hydrogen-bond acceptors (Lipinski definition) is 3.